The smallest absolute Gasteiger partial charge is 0.131 e. The van der Waals surface area contributed by atoms with E-state index in [1.54, 1.807) is 11.3 Å². The van der Waals surface area contributed by atoms with Gasteiger partial charge in [0.2, 0.25) is 0 Å². The third kappa shape index (κ3) is 4.01. The van der Waals surface area contributed by atoms with Gasteiger partial charge in [0.05, 0.1) is 16.7 Å². The Hall–Kier alpha value is -2.20. The SMILES string of the molecule is C#C.Cc1c(NCCN)[nH]c2c(NCc3cccs3)cc(Cl)nc12. The standard InChI is InChI=1S/C15H18ClN5S.C2H2/c1-9-13-14(21-15(9)18-5-4-17)11(7-12(16)20-13)19-8-10-3-2-6-22-10;1-2/h2-3,6-7,18,21H,4-5,8,17H2,1H3,(H,19,20);1-2H. The van der Waals surface area contributed by atoms with Crippen molar-refractivity contribution in [2.24, 2.45) is 5.73 Å². The first-order chi connectivity index (χ1) is 11.7. The largest absolute Gasteiger partial charge is 0.378 e. The number of terminal acetylenes is 1. The van der Waals surface area contributed by atoms with Crippen LogP contribution in [0.15, 0.2) is 23.6 Å². The first kappa shape index (κ1) is 18.1. The number of nitrogens with one attached hydrogen (secondary N) is 3. The van der Waals surface area contributed by atoms with E-state index >= 15 is 0 Å². The Morgan fingerprint density at radius 3 is 2.83 bits per heavy atom. The van der Waals surface area contributed by atoms with Crippen molar-refractivity contribution in [1.82, 2.24) is 9.97 Å². The number of pyridine rings is 1. The number of hydrogen-bond donors (Lipinski definition) is 4. The van der Waals surface area contributed by atoms with Gasteiger partial charge in [0.15, 0.2) is 0 Å². The molecule has 3 aromatic heterocycles. The number of nitrogens with zero attached hydrogens (tertiary/aromatic N) is 1. The highest BCUT2D eigenvalue weighted by atomic mass is 35.5. The zero-order valence-electron chi connectivity index (χ0n) is 13.4. The topological polar surface area (TPSA) is 78.8 Å². The minimum absolute atomic E-state index is 0.480. The summed E-state index contributed by atoms with van der Waals surface area (Å²) < 4.78 is 0. The fourth-order valence-electron chi connectivity index (χ4n) is 2.36. The Balaban J connectivity index is 0.00000100. The third-order valence-electron chi connectivity index (χ3n) is 3.45. The van der Waals surface area contributed by atoms with Gasteiger partial charge >= 0.3 is 0 Å². The molecule has 0 atom stereocenters. The van der Waals surface area contributed by atoms with Crippen molar-refractivity contribution in [2.45, 2.75) is 13.5 Å². The molecule has 5 nitrogen and oxygen atoms in total. The number of hydrogen-bond acceptors (Lipinski definition) is 5. The van der Waals surface area contributed by atoms with Crippen LogP contribution in [0.5, 0.6) is 0 Å². The number of rotatable bonds is 6. The van der Waals surface area contributed by atoms with E-state index in [1.165, 1.54) is 4.88 Å². The van der Waals surface area contributed by atoms with Crippen LogP contribution in [0.25, 0.3) is 11.0 Å². The number of anilines is 2. The molecule has 0 aliphatic carbocycles. The molecule has 0 fully saturated rings. The predicted molar refractivity (Wildman–Crippen MR) is 105 cm³/mol. The zero-order chi connectivity index (χ0) is 17.5. The van der Waals surface area contributed by atoms with E-state index in [0.717, 1.165) is 34.6 Å². The van der Waals surface area contributed by atoms with E-state index in [1.807, 2.05) is 19.1 Å². The molecule has 0 saturated heterocycles. The lowest BCUT2D eigenvalue weighted by Gasteiger charge is -2.07. The van der Waals surface area contributed by atoms with Gasteiger partial charge in [-0.1, -0.05) is 17.7 Å². The van der Waals surface area contributed by atoms with Gasteiger partial charge in [-0.15, -0.1) is 24.2 Å². The summed E-state index contributed by atoms with van der Waals surface area (Å²) in [6, 6.07) is 6.00. The second-order valence-corrected chi connectivity index (χ2v) is 6.41. The number of nitrogens with two attached hydrogens (primary N) is 1. The molecule has 0 bridgehead atoms. The summed E-state index contributed by atoms with van der Waals surface area (Å²) in [4.78, 5) is 9.08. The van der Waals surface area contributed by atoms with Crippen molar-refractivity contribution in [3.8, 4) is 12.8 Å². The van der Waals surface area contributed by atoms with Gasteiger partial charge < -0.3 is 21.4 Å². The van der Waals surface area contributed by atoms with E-state index < -0.39 is 0 Å². The summed E-state index contributed by atoms with van der Waals surface area (Å²) in [5.41, 5.74) is 9.38. The molecule has 0 spiro atoms. The third-order valence-corrected chi connectivity index (χ3v) is 4.52. The molecule has 0 unspecified atom stereocenters. The van der Waals surface area contributed by atoms with Crippen molar-refractivity contribution in [1.29, 1.82) is 0 Å². The van der Waals surface area contributed by atoms with Crippen LogP contribution in [0, 0.1) is 19.8 Å². The zero-order valence-corrected chi connectivity index (χ0v) is 15.0. The first-order valence-corrected chi connectivity index (χ1v) is 8.67. The Bertz CT molecular complexity index is 807. The van der Waals surface area contributed by atoms with Gasteiger partial charge in [0.1, 0.15) is 11.0 Å². The summed E-state index contributed by atoms with van der Waals surface area (Å²) in [6.07, 6.45) is 8.00. The minimum atomic E-state index is 0.480. The monoisotopic (exact) mass is 361 g/mol. The molecule has 3 rings (SSSR count). The molecule has 0 saturated carbocycles. The maximum atomic E-state index is 6.17. The van der Waals surface area contributed by atoms with Crippen LogP contribution in [-0.2, 0) is 6.54 Å². The second-order valence-electron chi connectivity index (χ2n) is 4.99. The molecule has 7 heteroatoms. The maximum absolute atomic E-state index is 6.17. The summed E-state index contributed by atoms with van der Waals surface area (Å²) >= 11 is 7.89. The van der Waals surface area contributed by atoms with Gasteiger partial charge in [0, 0.05) is 36.1 Å². The Morgan fingerprint density at radius 1 is 1.38 bits per heavy atom. The van der Waals surface area contributed by atoms with Crippen LogP contribution in [0.4, 0.5) is 11.5 Å². The quantitative estimate of drug-likeness (QED) is 0.397. The van der Waals surface area contributed by atoms with E-state index in [4.69, 9.17) is 17.3 Å². The lowest BCUT2D eigenvalue weighted by atomic mass is 10.2. The Labute approximate surface area is 150 Å². The predicted octanol–water partition coefficient (Wildman–Crippen LogP) is 3.82. The lowest BCUT2D eigenvalue weighted by molar-refractivity contribution is 1.01. The number of aromatic nitrogens is 2. The lowest BCUT2D eigenvalue weighted by Crippen LogP contribution is -2.13. The van der Waals surface area contributed by atoms with E-state index in [9.17, 15) is 0 Å². The van der Waals surface area contributed by atoms with Gasteiger partial charge in [-0.2, -0.15) is 0 Å². The highest BCUT2D eigenvalue weighted by Gasteiger charge is 2.13. The first-order valence-electron chi connectivity index (χ1n) is 7.41. The fourth-order valence-corrected chi connectivity index (χ4v) is 3.20. The highest BCUT2D eigenvalue weighted by molar-refractivity contribution is 7.09. The molecule has 126 valence electrons. The van der Waals surface area contributed by atoms with Gasteiger partial charge in [-0.3, -0.25) is 0 Å². The van der Waals surface area contributed by atoms with Crippen LogP contribution in [0.2, 0.25) is 5.15 Å². The number of aryl methyl sites for hydroxylation is 1. The van der Waals surface area contributed by atoms with Crippen LogP contribution in [0.1, 0.15) is 10.4 Å². The number of thiophene rings is 1. The summed E-state index contributed by atoms with van der Waals surface area (Å²) in [5, 5.41) is 9.26. The Morgan fingerprint density at radius 2 is 2.17 bits per heavy atom. The van der Waals surface area contributed by atoms with Gasteiger partial charge in [-0.05, 0) is 18.4 Å². The molecule has 0 amide bonds. The van der Waals surface area contributed by atoms with Crippen LogP contribution in [0.3, 0.4) is 0 Å². The van der Waals surface area contributed by atoms with Crippen molar-refractivity contribution in [3.05, 3.63) is 39.2 Å². The van der Waals surface area contributed by atoms with Gasteiger partial charge in [-0.25, -0.2) is 4.98 Å². The van der Waals surface area contributed by atoms with Crippen LogP contribution in [-0.4, -0.2) is 23.1 Å². The fraction of sp³-hybridized carbons (Fsp3) is 0.235. The molecule has 3 heterocycles. The molecule has 0 radical (unpaired) electrons. The number of fused-ring (bicyclic) bond motifs is 1. The number of aromatic amines is 1. The van der Waals surface area contributed by atoms with Crippen molar-refractivity contribution < 1.29 is 0 Å². The number of halogens is 1. The summed E-state index contributed by atoms with van der Waals surface area (Å²) in [6.45, 7) is 4.06. The molecular formula is C17H20ClN5S. The van der Waals surface area contributed by atoms with Crippen LogP contribution < -0.4 is 16.4 Å². The molecule has 5 N–H and O–H groups in total. The van der Waals surface area contributed by atoms with Crippen molar-refractivity contribution in [2.75, 3.05) is 23.7 Å². The van der Waals surface area contributed by atoms with E-state index in [0.29, 0.717) is 18.2 Å². The molecule has 24 heavy (non-hydrogen) atoms. The average Bonchev–Trinajstić information content (AvgIpc) is 3.22. The second kappa shape index (κ2) is 8.60. The molecular weight excluding hydrogens is 342 g/mol. The molecule has 0 aliphatic heterocycles. The molecule has 0 aromatic carbocycles. The maximum Gasteiger partial charge on any atom is 0.131 e. The van der Waals surface area contributed by atoms with Crippen molar-refractivity contribution >= 4 is 45.5 Å². The summed E-state index contributed by atoms with van der Waals surface area (Å²) in [7, 11) is 0. The highest BCUT2D eigenvalue weighted by Crippen LogP contribution is 2.31. The molecule has 0 aliphatic rings. The minimum Gasteiger partial charge on any atom is -0.378 e. The van der Waals surface area contributed by atoms with E-state index in [-0.39, 0.29) is 0 Å². The van der Waals surface area contributed by atoms with E-state index in [2.05, 4.69) is 44.9 Å². The summed E-state index contributed by atoms with van der Waals surface area (Å²) in [5.74, 6) is 0.939. The van der Waals surface area contributed by atoms with Gasteiger partial charge in [0.25, 0.3) is 0 Å². The average molecular weight is 362 g/mol. The number of H-pyrrole nitrogens is 1. The normalized spacial score (nSPS) is 10.2. The Kier molecular flexibility index (Phi) is 6.50. The molecule has 3 aromatic rings. The van der Waals surface area contributed by atoms with Crippen molar-refractivity contribution in [3.63, 3.8) is 0 Å². The van der Waals surface area contributed by atoms with Crippen LogP contribution >= 0.6 is 22.9 Å².